The summed E-state index contributed by atoms with van der Waals surface area (Å²) in [5.74, 6) is 0. The van der Waals surface area contributed by atoms with Crippen LogP contribution in [0, 0.1) is 0 Å². The quantitative estimate of drug-likeness (QED) is 0.419. The number of hydrogen-bond acceptors (Lipinski definition) is 1. The Morgan fingerprint density at radius 3 is 1.89 bits per heavy atom. The van der Waals surface area contributed by atoms with E-state index < -0.39 is 0 Å². The zero-order valence-corrected chi connectivity index (χ0v) is 15.0. The summed E-state index contributed by atoms with van der Waals surface area (Å²) in [6, 6.07) is 32.2. The first kappa shape index (κ1) is 16.0. The van der Waals surface area contributed by atoms with Crippen LogP contribution in [0.4, 0.5) is 0 Å². The molecule has 4 aromatic carbocycles. The number of aliphatic hydroxyl groups excluding tert-OH is 1. The fourth-order valence-corrected chi connectivity index (χ4v) is 4.17. The van der Waals surface area contributed by atoms with Crippen molar-refractivity contribution in [3.63, 3.8) is 0 Å². The van der Waals surface area contributed by atoms with Gasteiger partial charge in [0.25, 0.3) is 0 Å². The maximum atomic E-state index is 9.32. The molecule has 1 aliphatic carbocycles. The summed E-state index contributed by atoms with van der Waals surface area (Å²) in [6.45, 7) is 0.0758. The van der Waals surface area contributed by atoms with E-state index in [-0.39, 0.29) is 6.61 Å². The Bertz CT molecular complexity index is 1120. The van der Waals surface area contributed by atoms with Gasteiger partial charge in [-0.1, -0.05) is 91.0 Å². The van der Waals surface area contributed by atoms with Crippen molar-refractivity contribution >= 4 is 0 Å². The van der Waals surface area contributed by atoms with Crippen LogP contribution in [0.15, 0.2) is 91.0 Å². The van der Waals surface area contributed by atoms with Crippen molar-refractivity contribution in [2.45, 2.75) is 13.0 Å². The summed E-state index contributed by atoms with van der Waals surface area (Å²) >= 11 is 0. The van der Waals surface area contributed by atoms with E-state index in [2.05, 4.69) is 78.9 Å². The Kier molecular flexibility index (Phi) is 3.88. The van der Waals surface area contributed by atoms with E-state index in [0.29, 0.717) is 0 Å². The molecule has 1 N–H and O–H groups in total. The number of benzene rings is 4. The van der Waals surface area contributed by atoms with Crippen molar-refractivity contribution in [1.29, 1.82) is 0 Å². The molecular formula is C26H20O. The molecule has 27 heavy (non-hydrogen) atoms. The first-order valence-electron chi connectivity index (χ1n) is 9.35. The fraction of sp³-hybridized carbons (Fsp3) is 0.0769. The van der Waals surface area contributed by atoms with Crippen LogP contribution in [0.2, 0.25) is 0 Å². The lowest BCUT2D eigenvalue weighted by molar-refractivity contribution is 0.282. The molecule has 1 heteroatoms. The minimum Gasteiger partial charge on any atom is -0.392 e. The molecule has 0 atom stereocenters. The van der Waals surface area contributed by atoms with Crippen molar-refractivity contribution in [3.8, 4) is 33.4 Å². The summed E-state index contributed by atoms with van der Waals surface area (Å²) in [5.41, 5.74) is 11.5. The van der Waals surface area contributed by atoms with E-state index in [1.165, 1.54) is 44.5 Å². The van der Waals surface area contributed by atoms with Crippen LogP contribution in [0.1, 0.15) is 16.7 Å². The van der Waals surface area contributed by atoms with Crippen LogP contribution in [-0.2, 0) is 13.0 Å². The van der Waals surface area contributed by atoms with E-state index in [1.54, 1.807) is 0 Å². The second-order valence-electron chi connectivity index (χ2n) is 7.07. The molecule has 5 rings (SSSR count). The van der Waals surface area contributed by atoms with Gasteiger partial charge in [-0.05, 0) is 56.5 Å². The van der Waals surface area contributed by atoms with Gasteiger partial charge in [-0.25, -0.2) is 0 Å². The van der Waals surface area contributed by atoms with Gasteiger partial charge in [0.15, 0.2) is 0 Å². The van der Waals surface area contributed by atoms with E-state index >= 15 is 0 Å². The Morgan fingerprint density at radius 1 is 0.556 bits per heavy atom. The summed E-state index contributed by atoms with van der Waals surface area (Å²) in [7, 11) is 0. The molecule has 130 valence electrons. The number of rotatable bonds is 3. The molecule has 0 heterocycles. The molecule has 4 aromatic rings. The highest BCUT2D eigenvalue weighted by atomic mass is 16.3. The van der Waals surface area contributed by atoms with E-state index in [0.717, 1.165) is 12.0 Å². The van der Waals surface area contributed by atoms with Gasteiger partial charge >= 0.3 is 0 Å². The molecule has 0 aliphatic heterocycles. The van der Waals surface area contributed by atoms with Crippen LogP contribution in [0.25, 0.3) is 33.4 Å². The van der Waals surface area contributed by atoms with Crippen LogP contribution < -0.4 is 0 Å². The molecule has 0 saturated heterocycles. The smallest absolute Gasteiger partial charge is 0.0681 e. The fourth-order valence-electron chi connectivity index (χ4n) is 4.17. The largest absolute Gasteiger partial charge is 0.392 e. The van der Waals surface area contributed by atoms with E-state index in [1.807, 2.05) is 12.1 Å². The van der Waals surface area contributed by atoms with Gasteiger partial charge in [0.05, 0.1) is 6.61 Å². The van der Waals surface area contributed by atoms with Gasteiger partial charge in [0, 0.05) is 0 Å². The Morgan fingerprint density at radius 2 is 1.15 bits per heavy atom. The molecule has 0 aromatic heterocycles. The lowest BCUT2D eigenvalue weighted by Gasteiger charge is -2.14. The molecular weight excluding hydrogens is 328 g/mol. The Hall–Kier alpha value is -3.16. The third-order valence-corrected chi connectivity index (χ3v) is 5.52. The van der Waals surface area contributed by atoms with Crippen LogP contribution in [-0.4, -0.2) is 5.11 Å². The third kappa shape index (κ3) is 2.68. The first-order valence-corrected chi connectivity index (χ1v) is 9.35. The van der Waals surface area contributed by atoms with Crippen molar-refractivity contribution < 1.29 is 5.11 Å². The van der Waals surface area contributed by atoms with E-state index in [9.17, 15) is 5.11 Å². The summed E-state index contributed by atoms with van der Waals surface area (Å²) < 4.78 is 0. The SMILES string of the molecule is OCc1ccc(-c2ccccc2-c2cccc3c2Cc2ccccc2-3)cc1. The van der Waals surface area contributed by atoms with Crippen molar-refractivity contribution in [3.05, 3.63) is 108 Å². The second kappa shape index (κ2) is 6.53. The normalized spacial score (nSPS) is 11.9. The molecule has 1 nitrogen and oxygen atoms in total. The highest BCUT2D eigenvalue weighted by Crippen LogP contribution is 2.43. The molecule has 0 radical (unpaired) electrons. The molecule has 0 saturated carbocycles. The average Bonchev–Trinajstić information content (AvgIpc) is 3.13. The number of fused-ring (bicyclic) bond motifs is 3. The molecule has 0 amide bonds. The average molecular weight is 348 g/mol. The summed E-state index contributed by atoms with van der Waals surface area (Å²) in [5, 5.41) is 9.32. The molecule has 0 spiro atoms. The van der Waals surface area contributed by atoms with Crippen molar-refractivity contribution in [1.82, 2.24) is 0 Å². The highest BCUT2D eigenvalue weighted by molar-refractivity contribution is 5.90. The van der Waals surface area contributed by atoms with Gasteiger partial charge in [-0.15, -0.1) is 0 Å². The zero-order valence-electron chi connectivity index (χ0n) is 15.0. The van der Waals surface area contributed by atoms with Gasteiger partial charge in [0.2, 0.25) is 0 Å². The van der Waals surface area contributed by atoms with Gasteiger partial charge in [-0.3, -0.25) is 0 Å². The predicted molar refractivity (Wildman–Crippen MR) is 111 cm³/mol. The lowest BCUT2D eigenvalue weighted by Crippen LogP contribution is -1.91. The zero-order chi connectivity index (χ0) is 18.2. The van der Waals surface area contributed by atoms with Gasteiger partial charge < -0.3 is 5.11 Å². The molecule has 0 fully saturated rings. The molecule has 0 unspecified atom stereocenters. The number of hydrogen-bond donors (Lipinski definition) is 1. The third-order valence-electron chi connectivity index (χ3n) is 5.52. The van der Waals surface area contributed by atoms with Crippen molar-refractivity contribution in [2.75, 3.05) is 0 Å². The minimum absolute atomic E-state index is 0.0758. The predicted octanol–water partition coefficient (Wildman–Crippen LogP) is 6.08. The summed E-state index contributed by atoms with van der Waals surface area (Å²) in [6.07, 6.45) is 0.986. The first-order chi connectivity index (χ1) is 13.3. The van der Waals surface area contributed by atoms with Crippen LogP contribution in [0.5, 0.6) is 0 Å². The number of aliphatic hydroxyl groups is 1. The van der Waals surface area contributed by atoms with E-state index in [4.69, 9.17) is 0 Å². The molecule has 0 bridgehead atoms. The van der Waals surface area contributed by atoms with Gasteiger partial charge in [-0.2, -0.15) is 0 Å². The lowest BCUT2D eigenvalue weighted by atomic mass is 9.90. The Labute approximate surface area is 159 Å². The summed E-state index contributed by atoms with van der Waals surface area (Å²) in [4.78, 5) is 0. The standard InChI is InChI=1S/C26H20O/c27-17-18-12-14-19(15-13-18)21-7-3-4-9-23(21)25-11-5-10-24-22-8-2-1-6-20(22)16-26(24)25/h1-15,27H,16-17H2. The van der Waals surface area contributed by atoms with Crippen molar-refractivity contribution in [2.24, 2.45) is 0 Å². The van der Waals surface area contributed by atoms with Crippen LogP contribution >= 0.6 is 0 Å². The topological polar surface area (TPSA) is 20.2 Å². The van der Waals surface area contributed by atoms with Gasteiger partial charge in [0.1, 0.15) is 0 Å². The highest BCUT2D eigenvalue weighted by Gasteiger charge is 2.22. The minimum atomic E-state index is 0.0758. The second-order valence-corrected chi connectivity index (χ2v) is 7.07. The Balaban J connectivity index is 1.67. The maximum absolute atomic E-state index is 9.32. The maximum Gasteiger partial charge on any atom is 0.0681 e. The van der Waals surface area contributed by atoms with Crippen LogP contribution in [0.3, 0.4) is 0 Å². The monoisotopic (exact) mass is 348 g/mol. The molecule has 1 aliphatic rings.